The Morgan fingerprint density at radius 1 is 1.09 bits per heavy atom. The van der Waals surface area contributed by atoms with Crippen molar-refractivity contribution in [2.45, 2.75) is 55.9 Å². The highest BCUT2D eigenvalue weighted by atomic mass is 32.2. The number of aromatic nitrogens is 4. The first-order valence-electron chi connectivity index (χ1n) is 11.2. The second-order valence-corrected chi connectivity index (χ2v) is 11.4. The Morgan fingerprint density at radius 2 is 1.82 bits per heavy atom. The van der Waals surface area contributed by atoms with Crippen LogP contribution in [0.15, 0.2) is 48.9 Å². The molecule has 0 amide bonds. The van der Waals surface area contributed by atoms with Gasteiger partial charge in [-0.05, 0) is 38.3 Å². The van der Waals surface area contributed by atoms with Gasteiger partial charge in [0.05, 0.1) is 41.6 Å². The Hall–Kier alpha value is -3.20. The molecule has 2 heterocycles. The molecule has 0 unspecified atom stereocenters. The van der Waals surface area contributed by atoms with Gasteiger partial charge in [-0.25, -0.2) is 23.4 Å². The lowest BCUT2D eigenvalue weighted by molar-refractivity contribution is -0.122. The molecule has 0 N–H and O–H groups in total. The summed E-state index contributed by atoms with van der Waals surface area (Å²) >= 11 is 0. The summed E-state index contributed by atoms with van der Waals surface area (Å²) in [6, 6.07) is 9.25. The van der Waals surface area contributed by atoms with E-state index in [1.807, 2.05) is 38.1 Å². The highest BCUT2D eigenvalue weighted by Gasteiger charge is 2.34. The molecule has 178 valence electrons. The van der Waals surface area contributed by atoms with Gasteiger partial charge in [-0.3, -0.25) is 9.78 Å². The number of methoxy groups -OCH3 is 1. The lowest BCUT2D eigenvalue weighted by atomic mass is 9.81. The summed E-state index contributed by atoms with van der Waals surface area (Å²) in [6.45, 7) is 3.62. The fourth-order valence-electron chi connectivity index (χ4n) is 3.77. The van der Waals surface area contributed by atoms with Crippen LogP contribution in [0, 0.1) is 0 Å². The molecule has 2 aromatic heterocycles. The van der Waals surface area contributed by atoms with Crippen molar-refractivity contribution in [2.75, 3.05) is 7.11 Å². The molecule has 4 rings (SSSR count). The molecular formula is C25H28N4O4S. The number of nitrogens with zero attached hydrogens (tertiary/aromatic N) is 4. The Labute approximate surface area is 199 Å². The van der Waals surface area contributed by atoms with E-state index in [2.05, 4.69) is 19.9 Å². The summed E-state index contributed by atoms with van der Waals surface area (Å²) in [7, 11) is -1.73. The standard InChI is InChI=1S/C25H28N4O4S/c1-25(2,21-11-12-27-23(29-21)16-34(31,32)19-5-4-6-19)22(30)13-17-7-9-18(10-8-17)20-14-26-15-24(28-20)33-3/h7-12,14-15,19H,4-6,13,16H2,1-3H3. The molecule has 9 heteroatoms. The van der Waals surface area contributed by atoms with Gasteiger partial charge in [-0.2, -0.15) is 0 Å². The monoisotopic (exact) mass is 480 g/mol. The summed E-state index contributed by atoms with van der Waals surface area (Å²) in [5, 5.41) is -0.291. The van der Waals surface area contributed by atoms with Crippen LogP contribution in [-0.4, -0.2) is 46.5 Å². The quantitative estimate of drug-likeness (QED) is 0.457. The van der Waals surface area contributed by atoms with E-state index in [1.165, 1.54) is 13.3 Å². The molecule has 0 radical (unpaired) electrons. The molecule has 0 bridgehead atoms. The third kappa shape index (κ3) is 5.14. The summed E-state index contributed by atoms with van der Waals surface area (Å²) in [4.78, 5) is 30.3. The van der Waals surface area contributed by atoms with E-state index in [-0.39, 0.29) is 29.0 Å². The fraction of sp³-hybridized carbons (Fsp3) is 0.400. The van der Waals surface area contributed by atoms with Crippen LogP contribution in [0.5, 0.6) is 5.88 Å². The van der Waals surface area contributed by atoms with Gasteiger partial charge in [0.15, 0.2) is 9.84 Å². The van der Waals surface area contributed by atoms with Crippen molar-refractivity contribution in [2.24, 2.45) is 0 Å². The molecule has 0 aliphatic heterocycles. The normalized spacial score (nSPS) is 14.4. The van der Waals surface area contributed by atoms with Gasteiger partial charge in [-0.1, -0.05) is 30.7 Å². The molecule has 8 nitrogen and oxygen atoms in total. The van der Waals surface area contributed by atoms with Crippen LogP contribution in [0.2, 0.25) is 0 Å². The van der Waals surface area contributed by atoms with Crippen molar-refractivity contribution in [3.05, 3.63) is 66.0 Å². The molecule has 0 saturated heterocycles. The number of carbonyl (C=O) groups is 1. The second kappa shape index (κ2) is 9.58. The van der Waals surface area contributed by atoms with E-state index in [4.69, 9.17) is 4.74 Å². The average molecular weight is 481 g/mol. The van der Waals surface area contributed by atoms with Crippen molar-refractivity contribution < 1.29 is 17.9 Å². The number of hydrogen-bond acceptors (Lipinski definition) is 8. The van der Waals surface area contributed by atoms with E-state index in [1.54, 1.807) is 18.5 Å². The van der Waals surface area contributed by atoms with E-state index in [9.17, 15) is 13.2 Å². The summed E-state index contributed by atoms with van der Waals surface area (Å²) in [5.74, 6) is 0.467. The van der Waals surface area contributed by atoms with Gasteiger partial charge < -0.3 is 4.74 Å². The van der Waals surface area contributed by atoms with E-state index in [0.717, 1.165) is 17.5 Å². The number of benzene rings is 1. The number of ether oxygens (including phenoxy) is 1. The third-order valence-corrected chi connectivity index (χ3v) is 8.52. The zero-order chi connectivity index (χ0) is 24.3. The Balaban J connectivity index is 1.47. The van der Waals surface area contributed by atoms with Crippen molar-refractivity contribution in [3.63, 3.8) is 0 Å². The molecule has 1 fully saturated rings. The number of ketones is 1. The lowest BCUT2D eigenvalue weighted by Gasteiger charge is -2.25. The van der Waals surface area contributed by atoms with Crippen LogP contribution in [-0.2, 0) is 32.2 Å². The smallest absolute Gasteiger partial charge is 0.232 e. The Kier molecular flexibility index (Phi) is 6.74. The number of Topliss-reactive ketones (excluding diaryl/α,β-unsaturated/α-hetero) is 1. The molecule has 1 aliphatic rings. The highest BCUT2D eigenvalue weighted by Crippen LogP contribution is 2.29. The second-order valence-electron chi connectivity index (χ2n) is 9.09. The largest absolute Gasteiger partial charge is 0.480 e. The number of rotatable bonds is 9. The van der Waals surface area contributed by atoms with E-state index < -0.39 is 15.3 Å². The Morgan fingerprint density at radius 3 is 2.47 bits per heavy atom. The molecule has 1 saturated carbocycles. The minimum Gasteiger partial charge on any atom is -0.480 e. The minimum absolute atomic E-state index is 0.0204. The molecule has 1 aliphatic carbocycles. The highest BCUT2D eigenvalue weighted by molar-refractivity contribution is 7.91. The van der Waals surface area contributed by atoms with E-state index in [0.29, 0.717) is 30.1 Å². The van der Waals surface area contributed by atoms with Gasteiger partial charge in [-0.15, -0.1) is 0 Å². The van der Waals surface area contributed by atoms with Crippen LogP contribution in [0.1, 0.15) is 50.2 Å². The molecule has 1 aromatic carbocycles. The predicted molar refractivity (Wildman–Crippen MR) is 128 cm³/mol. The summed E-state index contributed by atoms with van der Waals surface area (Å²) in [6.07, 6.45) is 7.30. The molecule has 3 aromatic rings. The topological polar surface area (TPSA) is 112 Å². The van der Waals surface area contributed by atoms with Crippen LogP contribution in [0.4, 0.5) is 0 Å². The number of hydrogen-bond donors (Lipinski definition) is 0. The van der Waals surface area contributed by atoms with Crippen LogP contribution >= 0.6 is 0 Å². The number of sulfone groups is 1. The lowest BCUT2D eigenvalue weighted by Crippen LogP contribution is -2.33. The maximum atomic E-state index is 13.2. The van der Waals surface area contributed by atoms with Crippen molar-refractivity contribution in [3.8, 4) is 17.1 Å². The Bertz CT molecular complexity index is 1290. The zero-order valence-corrected chi connectivity index (χ0v) is 20.4. The molecular weight excluding hydrogens is 452 g/mol. The van der Waals surface area contributed by atoms with Gasteiger partial charge in [0, 0.05) is 18.2 Å². The van der Waals surface area contributed by atoms with Gasteiger partial charge in [0.1, 0.15) is 17.4 Å². The van der Waals surface area contributed by atoms with Crippen LogP contribution < -0.4 is 4.74 Å². The minimum atomic E-state index is -3.27. The van der Waals surface area contributed by atoms with Gasteiger partial charge in [0.2, 0.25) is 5.88 Å². The average Bonchev–Trinajstić information content (AvgIpc) is 2.78. The first kappa shape index (κ1) is 23.9. The zero-order valence-electron chi connectivity index (χ0n) is 19.6. The number of carbonyl (C=O) groups excluding carboxylic acids is 1. The van der Waals surface area contributed by atoms with Gasteiger partial charge in [0.25, 0.3) is 0 Å². The fourth-order valence-corrected chi connectivity index (χ4v) is 5.56. The maximum absolute atomic E-state index is 13.2. The molecule has 0 spiro atoms. The van der Waals surface area contributed by atoms with Crippen molar-refractivity contribution >= 4 is 15.6 Å². The maximum Gasteiger partial charge on any atom is 0.232 e. The van der Waals surface area contributed by atoms with Crippen LogP contribution in [0.3, 0.4) is 0 Å². The predicted octanol–water partition coefficient (Wildman–Crippen LogP) is 3.50. The van der Waals surface area contributed by atoms with Crippen molar-refractivity contribution in [1.82, 2.24) is 19.9 Å². The van der Waals surface area contributed by atoms with Gasteiger partial charge >= 0.3 is 0 Å². The van der Waals surface area contributed by atoms with Crippen molar-refractivity contribution in [1.29, 1.82) is 0 Å². The van der Waals surface area contributed by atoms with Crippen LogP contribution in [0.25, 0.3) is 11.3 Å². The first-order valence-corrected chi connectivity index (χ1v) is 12.9. The third-order valence-electron chi connectivity index (χ3n) is 6.37. The molecule has 0 atom stereocenters. The SMILES string of the molecule is COc1cncc(-c2ccc(CC(=O)C(C)(C)c3ccnc(CS(=O)(=O)C4CCC4)n3)cc2)n1. The molecule has 34 heavy (non-hydrogen) atoms. The summed E-state index contributed by atoms with van der Waals surface area (Å²) in [5.41, 5.74) is 2.04. The van der Waals surface area contributed by atoms with E-state index >= 15 is 0 Å². The summed E-state index contributed by atoms with van der Waals surface area (Å²) < 4.78 is 30.2. The first-order chi connectivity index (χ1) is 16.2.